The highest BCUT2D eigenvalue weighted by atomic mass is 35.5. The van der Waals surface area contributed by atoms with Crippen LogP contribution in [0.5, 0.6) is 0 Å². The minimum atomic E-state index is -6.07. The monoisotopic (exact) mass is 607 g/mol. The summed E-state index contributed by atoms with van der Waals surface area (Å²) in [6.45, 7) is 0.545. The number of hydrogen-bond donors (Lipinski definition) is 1. The molecule has 3 aliphatic rings. The van der Waals surface area contributed by atoms with Gasteiger partial charge in [-0.1, -0.05) is 54.1 Å². The van der Waals surface area contributed by atoms with Crippen molar-refractivity contribution < 1.29 is 39.9 Å². The van der Waals surface area contributed by atoms with Crippen LogP contribution in [-0.4, -0.2) is 59.8 Å². The first-order valence-electron chi connectivity index (χ1n) is 12.4. The van der Waals surface area contributed by atoms with Crippen LogP contribution in [0.1, 0.15) is 42.9 Å². The van der Waals surface area contributed by atoms with Crippen molar-refractivity contribution in [1.29, 1.82) is 0 Å². The van der Waals surface area contributed by atoms with E-state index < -0.39 is 46.2 Å². The zero-order chi connectivity index (χ0) is 29.1. The summed E-state index contributed by atoms with van der Waals surface area (Å²) in [7, 11) is -3.31. The molecule has 2 heterocycles. The number of para-hydroxylation sites is 1. The average Bonchev–Trinajstić information content (AvgIpc) is 3.67. The summed E-state index contributed by atoms with van der Waals surface area (Å²) in [5.41, 5.74) is -4.58. The van der Waals surface area contributed by atoms with E-state index in [1.54, 1.807) is 36.4 Å². The fourth-order valence-corrected chi connectivity index (χ4v) is 6.98. The Bertz CT molecular complexity index is 1440. The van der Waals surface area contributed by atoms with Crippen molar-refractivity contribution in [3.05, 3.63) is 70.8 Å². The van der Waals surface area contributed by atoms with Gasteiger partial charge < -0.3 is 5.11 Å². The van der Waals surface area contributed by atoms with Gasteiger partial charge in [-0.15, -0.1) is 0 Å². The van der Waals surface area contributed by atoms with E-state index in [-0.39, 0.29) is 22.5 Å². The lowest BCUT2D eigenvalue weighted by Gasteiger charge is -2.32. The Kier molecular flexibility index (Phi) is 7.25. The van der Waals surface area contributed by atoms with Crippen molar-refractivity contribution in [2.24, 2.45) is 5.10 Å². The highest BCUT2D eigenvalue weighted by molar-refractivity contribution is 7.90. The molecule has 6 nitrogen and oxygen atoms in total. The molecule has 5 rings (SSSR count). The molecular weight excluding hydrogens is 584 g/mol. The molecule has 2 aliphatic heterocycles. The van der Waals surface area contributed by atoms with Crippen molar-refractivity contribution in [2.45, 2.75) is 54.9 Å². The topological polar surface area (TPSA) is 73.2 Å². The smallest absolute Gasteiger partial charge is 0.369 e. The molecule has 1 N–H and O–H groups in total. The number of hydrazone groups is 1. The van der Waals surface area contributed by atoms with Gasteiger partial charge in [-0.2, -0.15) is 35.7 Å². The molecule has 0 radical (unpaired) electrons. The standard InChI is InChI=1S/C26H24ClF6N3O3S/c27-20-3-1-2-4-21(20)36-22(15-23(34-36)24(37,25(28,29)30)26(31,32)33)18-7-5-16(6-8-18)17-11-13-35(14-12-17)40(38,39)19-9-10-19/h1-8,11,19,22,37H,9-10,12-15H2. The SMILES string of the molecule is O=S(=O)(C1CC1)N1CC=C(c2ccc(C3CC(C(O)(C(F)(F)F)C(F)(F)F)=NN3c3ccccc3Cl)cc2)CC1. The Balaban J connectivity index is 1.45. The van der Waals surface area contributed by atoms with Gasteiger partial charge in [0.25, 0.3) is 5.60 Å². The molecule has 14 heteroatoms. The van der Waals surface area contributed by atoms with Gasteiger partial charge in [0.1, 0.15) is 0 Å². The maximum absolute atomic E-state index is 13.7. The summed E-state index contributed by atoms with van der Waals surface area (Å²) in [6, 6.07) is 11.2. The van der Waals surface area contributed by atoms with Crippen LogP contribution >= 0.6 is 11.6 Å². The van der Waals surface area contributed by atoms with E-state index in [1.807, 2.05) is 0 Å². The second-order valence-electron chi connectivity index (χ2n) is 9.97. The highest BCUT2D eigenvalue weighted by Crippen LogP contribution is 2.49. The molecule has 1 unspecified atom stereocenters. The van der Waals surface area contributed by atoms with E-state index in [9.17, 15) is 39.9 Å². The van der Waals surface area contributed by atoms with E-state index in [4.69, 9.17) is 11.6 Å². The normalized spacial score (nSPS) is 21.4. The molecule has 2 aromatic rings. The zero-order valence-electron chi connectivity index (χ0n) is 20.8. The predicted octanol–water partition coefficient (Wildman–Crippen LogP) is 6.08. The van der Waals surface area contributed by atoms with Gasteiger partial charge in [-0.25, -0.2) is 8.42 Å². The van der Waals surface area contributed by atoms with Crippen molar-refractivity contribution in [3.8, 4) is 0 Å². The Labute approximate surface area is 231 Å². The number of alkyl halides is 6. The number of rotatable bonds is 6. The van der Waals surface area contributed by atoms with E-state index >= 15 is 0 Å². The number of benzene rings is 2. The molecule has 1 atom stereocenters. The van der Waals surface area contributed by atoms with Crippen molar-refractivity contribution >= 4 is 38.6 Å². The summed E-state index contributed by atoms with van der Waals surface area (Å²) < 4.78 is 108. The van der Waals surface area contributed by atoms with Crippen LogP contribution < -0.4 is 5.01 Å². The van der Waals surface area contributed by atoms with Crippen molar-refractivity contribution in [2.75, 3.05) is 18.1 Å². The van der Waals surface area contributed by atoms with Crippen LogP contribution in [0.3, 0.4) is 0 Å². The van der Waals surface area contributed by atoms with Crippen LogP contribution in [-0.2, 0) is 10.0 Å². The Morgan fingerprint density at radius 3 is 2.10 bits per heavy atom. The number of sulfonamides is 1. The molecule has 1 fully saturated rings. The number of aliphatic hydroxyl groups is 1. The molecule has 0 aromatic heterocycles. The third-order valence-corrected chi connectivity index (χ3v) is 10.1. The quantitative estimate of drug-likeness (QED) is 0.404. The molecule has 1 saturated carbocycles. The second-order valence-corrected chi connectivity index (χ2v) is 12.6. The minimum absolute atomic E-state index is 0.0507. The summed E-state index contributed by atoms with van der Waals surface area (Å²) in [5.74, 6) is 0. The van der Waals surface area contributed by atoms with Crippen molar-refractivity contribution in [3.63, 3.8) is 0 Å². The molecule has 1 aliphatic carbocycles. The van der Waals surface area contributed by atoms with Gasteiger partial charge in [0, 0.05) is 19.5 Å². The van der Waals surface area contributed by atoms with Crippen LogP contribution in [0.25, 0.3) is 5.57 Å². The number of hydrogen-bond acceptors (Lipinski definition) is 5. The van der Waals surface area contributed by atoms with Gasteiger partial charge in [-0.05, 0) is 48.1 Å². The van der Waals surface area contributed by atoms with Gasteiger partial charge in [-0.3, -0.25) is 5.01 Å². The van der Waals surface area contributed by atoms with E-state index in [2.05, 4.69) is 5.10 Å². The van der Waals surface area contributed by atoms with Gasteiger partial charge in [0.05, 0.1) is 27.7 Å². The first-order chi connectivity index (χ1) is 18.6. The lowest BCUT2D eigenvalue weighted by molar-refractivity contribution is -0.338. The molecule has 0 amide bonds. The third-order valence-electron chi connectivity index (χ3n) is 7.39. The summed E-state index contributed by atoms with van der Waals surface area (Å²) >= 11 is 6.22. The summed E-state index contributed by atoms with van der Waals surface area (Å²) in [6.07, 6.45) is -9.41. The molecule has 0 bridgehead atoms. The highest BCUT2D eigenvalue weighted by Gasteiger charge is 2.74. The molecule has 40 heavy (non-hydrogen) atoms. The minimum Gasteiger partial charge on any atom is -0.369 e. The van der Waals surface area contributed by atoms with Crippen LogP contribution in [0, 0.1) is 0 Å². The fraction of sp³-hybridized carbons (Fsp3) is 0.423. The van der Waals surface area contributed by atoms with E-state index in [0.717, 1.165) is 16.1 Å². The maximum Gasteiger partial charge on any atom is 0.431 e. The summed E-state index contributed by atoms with van der Waals surface area (Å²) in [4.78, 5) is 0. The first-order valence-corrected chi connectivity index (χ1v) is 14.3. The van der Waals surface area contributed by atoms with E-state index in [1.165, 1.54) is 22.5 Å². The van der Waals surface area contributed by atoms with Crippen LogP contribution in [0.15, 0.2) is 59.7 Å². The maximum atomic E-state index is 13.7. The van der Waals surface area contributed by atoms with Crippen LogP contribution in [0.2, 0.25) is 5.02 Å². The molecular formula is C26H24ClF6N3O3S. The van der Waals surface area contributed by atoms with Crippen LogP contribution in [0.4, 0.5) is 32.0 Å². The molecule has 216 valence electrons. The summed E-state index contributed by atoms with van der Waals surface area (Å²) in [5, 5.41) is 14.4. The predicted molar refractivity (Wildman–Crippen MR) is 138 cm³/mol. The largest absolute Gasteiger partial charge is 0.431 e. The number of nitrogens with zero attached hydrogens (tertiary/aromatic N) is 3. The van der Waals surface area contributed by atoms with Gasteiger partial charge in [0.15, 0.2) is 0 Å². The molecule has 2 aromatic carbocycles. The Morgan fingerprint density at radius 1 is 0.950 bits per heavy atom. The number of halogens is 7. The average molecular weight is 608 g/mol. The Morgan fingerprint density at radius 2 is 1.57 bits per heavy atom. The zero-order valence-corrected chi connectivity index (χ0v) is 22.3. The lowest BCUT2D eigenvalue weighted by Crippen LogP contribution is -2.62. The second kappa shape index (κ2) is 10.0. The molecule has 0 spiro atoms. The lowest BCUT2D eigenvalue weighted by atomic mass is 9.89. The van der Waals surface area contributed by atoms with Gasteiger partial charge in [0.2, 0.25) is 10.0 Å². The Hall–Kier alpha value is -2.61. The van der Waals surface area contributed by atoms with Gasteiger partial charge >= 0.3 is 12.4 Å². The third kappa shape index (κ3) is 5.01. The number of anilines is 1. The van der Waals surface area contributed by atoms with E-state index in [0.29, 0.717) is 31.4 Å². The fourth-order valence-electron chi connectivity index (χ4n) is 4.98. The molecule has 0 saturated heterocycles. The first kappa shape index (κ1) is 28.9. The van der Waals surface area contributed by atoms with Crippen molar-refractivity contribution in [1.82, 2.24) is 4.31 Å².